The quantitative estimate of drug-likeness (QED) is 0.486. The van der Waals surface area contributed by atoms with Gasteiger partial charge in [-0.3, -0.25) is 4.79 Å². The number of carbonyl (C=O) groups excluding carboxylic acids is 1. The summed E-state index contributed by atoms with van der Waals surface area (Å²) in [5.74, 6) is 0. The molecule has 0 aliphatic carbocycles. The highest BCUT2D eigenvalue weighted by molar-refractivity contribution is 6.02. The van der Waals surface area contributed by atoms with Crippen LogP contribution in [0.5, 0.6) is 0 Å². The van der Waals surface area contributed by atoms with Crippen LogP contribution in [-0.4, -0.2) is 6.29 Å². The number of hydrogen-bond donors (Lipinski definition) is 0. The molecule has 0 atom stereocenters. The Morgan fingerprint density at radius 1 is 0.700 bits per heavy atom. The molecule has 20 heavy (non-hydrogen) atoms. The molecular weight excluding hydrogens is 244 g/mol. The predicted molar refractivity (Wildman–Crippen MR) is 84.7 cm³/mol. The molecule has 0 saturated carbocycles. The van der Waals surface area contributed by atoms with Gasteiger partial charge in [0.25, 0.3) is 0 Å². The van der Waals surface area contributed by atoms with Crippen molar-refractivity contribution in [3.63, 3.8) is 0 Å². The van der Waals surface area contributed by atoms with Gasteiger partial charge in [0.05, 0.1) is 0 Å². The molecule has 0 N–H and O–H groups in total. The minimum absolute atomic E-state index is 0.746. The lowest BCUT2D eigenvalue weighted by Crippen LogP contribution is -1.88. The van der Waals surface area contributed by atoms with Crippen molar-refractivity contribution in [3.8, 4) is 0 Å². The second-order valence-electron chi connectivity index (χ2n) is 4.65. The first kappa shape index (κ1) is 12.4. The minimum Gasteiger partial charge on any atom is -0.298 e. The number of aldehydes is 1. The van der Waals surface area contributed by atoms with Crippen LogP contribution in [0.3, 0.4) is 0 Å². The molecule has 0 saturated heterocycles. The van der Waals surface area contributed by atoms with Crippen molar-refractivity contribution in [2.75, 3.05) is 0 Å². The van der Waals surface area contributed by atoms with E-state index in [2.05, 4.69) is 0 Å². The fraction of sp³-hybridized carbons (Fsp3) is 0. The van der Waals surface area contributed by atoms with Crippen molar-refractivity contribution >= 4 is 29.2 Å². The topological polar surface area (TPSA) is 17.1 Å². The molecule has 3 rings (SSSR count). The van der Waals surface area contributed by atoms with Crippen LogP contribution >= 0.6 is 0 Å². The highest BCUT2D eigenvalue weighted by atomic mass is 16.1. The third-order valence-electron chi connectivity index (χ3n) is 3.38. The zero-order valence-electron chi connectivity index (χ0n) is 11.0. The Morgan fingerprint density at radius 2 is 1.45 bits per heavy atom. The normalized spacial score (nSPS) is 11.0. The summed E-state index contributed by atoms with van der Waals surface area (Å²) in [7, 11) is 0. The van der Waals surface area contributed by atoms with Crippen LogP contribution in [0.4, 0.5) is 0 Å². The van der Waals surface area contributed by atoms with Crippen molar-refractivity contribution in [2.45, 2.75) is 0 Å². The summed E-state index contributed by atoms with van der Waals surface area (Å²) in [5, 5.41) is 2.09. The summed E-state index contributed by atoms with van der Waals surface area (Å²) in [6.07, 6.45) is 4.95. The monoisotopic (exact) mass is 258 g/mol. The van der Waals surface area contributed by atoms with Crippen LogP contribution in [0.25, 0.3) is 22.9 Å². The van der Waals surface area contributed by atoms with E-state index < -0.39 is 0 Å². The van der Waals surface area contributed by atoms with Gasteiger partial charge in [-0.1, -0.05) is 78.9 Å². The summed E-state index contributed by atoms with van der Waals surface area (Å²) in [6.45, 7) is 0. The smallest absolute Gasteiger partial charge is 0.151 e. The zero-order valence-corrected chi connectivity index (χ0v) is 11.0. The highest BCUT2D eigenvalue weighted by Gasteiger charge is 2.03. The number of benzene rings is 3. The number of carbonyl (C=O) groups is 1. The Labute approximate surface area is 118 Å². The van der Waals surface area contributed by atoms with Gasteiger partial charge >= 0.3 is 0 Å². The molecule has 1 nitrogen and oxygen atoms in total. The second-order valence-corrected chi connectivity index (χ2v) is 4.65. The lowest BCUT2D eigenvalue weighted by molar-refractivity contribution is 0.112. The first-order chi connectivity index (χ1) is 9.88. The van der Waals surface area contributed by atoms with Gasteiger partial charge in [0.15, 0.2) is 6.29 Å². The Bertz CT molecular complexity index is 770. The molecule has 0 fully saturated rings. The second kappa shape index (κ2) is 5.54. The third-order valence-corrected chi connectivity index (χ3v) is 3.38. The van der Waals surface area contributed by atoms with Crippen molar-refractivity contribution in [3.05, 3.63) is 83.4 Å². The predicted octanol–water partition coefficient (Wildman–Crippen LogP) is 4.82. The largest absolute Gasteiger partial charge is 0.298 e. The lowest BCUT2D eigenvalue weighted by Gasteiger charge is -2.04. The number of rotatable bonds is 3. The van der Waals surface area contributed by atoms with E-state index in [1.165, 1.54) is 0 Å². The molecule has 1 heteroatoms. The van der Waals surface area contributed by atoms with Crippen molar-refractivity contribution in [2.24, 2.45) is 0 Å². The van der Waals surface area contributed by atoms with Gasteiger partial charge in [-0.2, -0.15) is 0 Å². The molecule has 0 aromatic heterocycles. The van der Waals surface area contributed by atoms with E-state index in [1.54, 1.807) is 0 Å². The average Bonchev–Trinajstić information content (AvgIpc) is 2.53. The van der Waals surface area contributed by atoms with E-state index in [0.717, 1.165) is 33.7 Å². The van der Waals surface area contributed by atoms with Crippen molar-refractivity contribution in [1.82, 2.24) is 0 Å². The first-order valence-corrected chi connectivity index (χ1v) is 6.58. The van der Waals surface area contributed by atoms with Gasteiger partial charge in [-0.25, -0.2) is 0 Å². The maximum absolute atomic E-state index is 11.4. The fourth-order valence-electron chi connectivity index (χ4n) is 2.34. The summed E-state index contributed by atoms with van der Waals surface area (Å²) in [4.78, 5) is 11.4. The van der Waals surface area contributed by atoms with Gasteiger partial charge in [-0.15, -0.1) is 0 Å². The van der Waals surface area contributed by atoms with Crippen LogP contribution in [-0.2, 0) is 0 Å². The Hall–Kier alpha value is -2.67. The van der Waals surface area contributed by atoms with Crippen LogP contribution in [0.2, 0.25) is 0 Å². The van der Waals surface area contributed by atoms with Gasteiger partial charge < -0.3 is 0 Å². The SMILES string of the molecule is O=Cc1c(C=Cc2ccccc2)ccc2ccccc12. The zero-order chi connectivity index (χ0) is 13.8. The van der Waals surface area contributed by atoms with E-state index in [0.29, 0.717) is 0 Å². The molecule has 0 amide bonds. The molecule has 3 aromatic carbocycles. The molecule has 0 aliphatic rings. The highest BCUT2D eigenvalue weighted by Crippen LogP contribution is 2.22. The van der Waals surface area contributed by atoms with Crippen LogP contribution in [0.15, 0.2) is 66.7 Å². The van der Waals surface area contributed by atoms with Crippen molar-refractivity contribution in [1.29, 1.82) is 0 Å². The summed E-state index contributed by atoms with van der Waals surface area (Å²) < 4.78 is 0. The maximum Gasteiger partial charge on any atom is 0.151 e. The number of fused-ring (bicyclic) bond motifs is 1. The molecule has 0 unspecified atom stereocenters. The standard InChI is InChI=1S/C19H14O/c20-14-19-17(11-10-15-6-2-1-3-7-15)13-12-16-8-4-5-9-18(16)19/h1-14H. The average molecular weight is 258 g/mol. The van der Waals surface area contributed by atoms with Crippen LogP contribution in [0, 0.1) is 0 Å². The molecule has 0 heterocycles. The molecule has 0 bridgehead atoms. The minimum atomic E-state index is 0.746. The van der Waals surface area contributed by atoms with E-state index in [-0.39, 0.29) is 0 Å². The molecule has 96 valence electrons. The van der Waals surface area contributed by atoms with Gasteiger partial charge in [0.2, 0.25) is 0 Å². The molecular formula is C19H14O. The van der Waals surface area contributed by atoms with E-state index in [4.69, 9.17) is 0 Å². The number of hydrogen-bond acceptors (Lipinski definition) is 1. The maximum atomic E-state index is 11.4. The van der Waals surface area contributed by atoms with E-state index in [1.807, 2.05) is 78.9 Å². The fourth-order valence-corrected chi connectivity index (χ4v) is 2.34. The Balaban J connectivity index is 2.08. The first-order valence-electron chi connectivity index (χ1n) is 6.58. The Morgan fingerprint density at radius 3 is 2.25 bits per heavy atom. The van der Waals surface area contributed by atoms with Gasteiger partial charge in [-0.05, 0) is 21.9 Å². The molecule has 0 radical (unpaired) electrons. The van der Waals surface area contributed by atoms with E-state index in [9.17, 15) is 4.79 Å². The van der Waals surface area contributed by atoms with Gasteiger partial charge in [0, 0.05) is 5.56 Å². The Kier molecular flexibility index (Phi) is 3.42. The van der Waals surface area contributed by atoms with Crippen LogP contribution in [0.1, 0.15) is 21.5 Å². The third kappa shape index (κ3) is 2.39. The van der Waals surface area contributed by atoms with Crippen molar-refractivity contribution < 1.29 is 4.79 Å². The van der Waals surface area contributed by atoms with E-state index >= 15 is 0 Å². The van der Waals surface area contributed by atoms with Gasteiger partial charge in [0.1, 0.15) is 0 Å². The lowest BCUT2D eigenvalue weighted by atomic mass is 9.99. The molecule has 0 spiro atoms. The van der Waals surface area contributed by atoms with Crippen LogP contribution < -0.4 is 0 Å². The molecule has 3 aromatic rings. The summed E-state index contributed by atoms with van der Waals surface area (Å²) >= 11 is 0. The summed E-state index contributed by atoms with van der Waals surface area (Å²) in [6, 6.07) is 22.1. The molecule has 0 aliphatic heterocycles. The summed E-state index contributed by atoms with van der Waals surface area (Å²) in [5.41, 5.74) is 2.82.